The van der Waals surface area contributed by atoms with E-state index in [4.69, 9.17) is 4.74 Å². The fourth-order valence-corrected chi connectivity index (χ4v) is 3.96. The number of benzene rings is 2. The van der Waals surface area contributed by atoms with Crippen molar-refractivity contribution in [2.45, 2.75) is 34.1 Å². The molecule has 5 heteroatoms. The molecule has 1 fully saturated rings. The third-order valence-electron chi connectivity index (χ3n) is 5.57. The number of esters is 1. The lowest BCUT2D eigenvalue weighted by atomic mass is 9.92. The van der Waals surface area contributed by atoms with Crippen molar-refractivity contribution in [1.82, 2.24) is 4.90 Å². The lowest BCUT2D eigenvalue weighted by Crippen LogP contribution is -2.44. The average Bonchev–Trinajstić information content (AvgIpc) is 2.69. The van der Waals surface area contributed by atoms with E-state index in [-0.39, 0.29) is 12.5 Å². The van der Waals surface area contributed by atoms with Crippen LogP contribution in [0, 0.1) is 25.7 Å². The zero-order valence-electron chi connectivity index (χ0n) is 17.7. The number of piperidine rings is 1. The van der Waals surface area contributed by atoms with Gasteiger partial charge in [-0.2, -0.15) is 0 Å². The second kappa shape index (κ2) is 9.12. The van der Waals surface area contributed by atoms with Crippen molar-refractivity contribution in [2.75, 3.05) is 25.0 Å². The summed E-state index contributed by atoms with van der Waals surface area (Å²) in [6, 6.07) is 13.2. The highest BCUT2D eigenvalue weighted by Gasteiger charge is 2.26. The number of hydrogen-bond acceptors (Lipinski definition) is 4. The summed E-state index contributed by atoms with van der Waals surface area (Å²) in [5.74, 6) is 0.323. The third kappa shape index (κ3) is 5.17. The lowest BCUT2D eigenvalue weighted by Gasteiger charge is -2.34. The van der Waals surface area contributed by atoms with Gasteiger partial charge in [-0.1, -0.05) is 38.1 Å². The minimum atomic E-state index is -0.495. The van der Waals surface area contributed by atoms with E-state index < -0.39 is 5.97 Å². The molecule has 0 bridgehead atoms. The SMILES string of the molecule is Cc1cccc(Nc2ccccc2C(=O)OCC(=O)N2C[C@@H](C)C[C@H](C)C2)c1C. The van der Waals surface area contributed by atoms with Gasteiger partial charge in [0, 0.05) is 18.8 Å². The molecule has 1 amide bonds. The molecule has 1 aliphatic heterocycles. The number of anilines is 2. The molecule has 1 heterocycles. The second-order valence-corrected chi connectivity index (χ2v) is 8.24. The van der Waals surface area contributed by atoms with Crippen LogP contribution in [0.2, 0.25) is 0 Å². The molecule has 0 radical (unpaired) electrons. The monoisotopic (exact) mass is 394 g/mol. The normalized spacial score (nSPS) is 19.0. The largest absolute Gasteiger partial charge is 0.452 e. The van der Waals surface area contributed by atoms with E-state index in [0.717, 1.165) is 30.8 Å². The first-order chi connectivity index (χ1) is 13.8. The van der Waals surface area contributed by atoms with Gasteiger partial charge in [0.25, 0.3) is 5.91 Å². The Morgan fingerprint density at radius 2 is 1.66 bits per heavy atom. The molecule has 0 unspecified atom stereocenters. The van der Waals surface area contributed by atoms with E-state index in [0.29, 0.717) is 23.1 Å². The minimum Gasteiger partial charge on any atom is -0.452 e. The molecule has 3 rings (SSSR count). The van der Waals surface area contributed by atoms with Gasteiger partial charge in [0.05, 0.1) is 11.3 Å². The highest BCUT2D eigenvalue weighted by molar-refractivity contribution is 5.97. The Labute approximate surface area is 173 Å². The highest BCUT2D eigenvalue weighted by Crippen LogP contribution is 2.26. The molecule has 0 aromatic heterocycles. The van der Waals surface area contributed by atoms with Gasteiger partial charge < -0.3 is 15.0 Å². The molecule has 2 atom stereocenters. The number of likely N-dealkylation sites (tertiary alicyclic amines) is 1. The van der Waals surface area contributed by atoms with Crippen molar-refractivity contribution in [3.05, 3.63) is 59.2 Å². The summed E-state index contributed by atoms with van der Waals surface area (Å²) < 4.78 is 5.38. The third-order valence-corrected chi connectivity index (χ3v) is 5.57. The maximum absolute atomic E-state index is 12.7. The number of nitrogens with one attached hydrogen (secondary N) is 1. The van der Waals surface area contributed by atoms with Gasteiger partial charge in [-0.05, 0) is 61.4 Å². The van der Waals surface area contributed by atoms with Gasteiger partial charge in [0.2, 0.25) is 0 Å². The van der Waals surface area contributed by atoms with E-state index in [1.165, 1.54) is 5.56 Å². The van der Waals surface area contributed by atoms with Crippen LogP contribution in [-0.4, -0.2) is 36.5 Å². The Balaban J connectivity index is 1.67. The molecule has 0 spiro atoms. The summed E-state index contributed by atoms with van der Waals surface area (Å²) in [5, 5.41) is 3.33. The van der Waals surface area contributed by atoms with Gasteiger partial charge in [-0.15, -0.1) is 0 Å². The van der Waals surface area contributed by atoms with Gasteiger partial charge in [-0.3, -0.25) is 4.79 Å². The standard InChI is InChI=1S/C24H30N2O3/c1-16-12-17(2)14-26(13-16)23(27)15-29-24(28)20-9-5-6-10-22(20)25-21-11-7-8-18(3)19(21)4/h5-11,16-17,25H,12-15H2,1-4H3/t16-,17-/m0/s1. The number of amides is 1. The van der Waals surface area contributed by atoms with Gasteiger partial charge in [0.1, 0.15) is 0 Å². The number of nitrogens with zero attached hydrogens (tertiary/aromatic N) is 1. The molecule has 0 aliphatic carbocycles. The van der Waals surface area contributed by atoms with E-state index in [1.54, 1.807) is 12.1 Å². The van der Waals surface area contributed by atoms with Crippen molar-refractivity contribution in [1.29, 1.82) is 0 Å². The fourth-order valence-electron chi connectivity index (χ4n) is 3.96. The van der Waals surface area contributed by atoms with E-state index in [1.807, 2.05) is 36.1 Å². The second-order valence-electron chi connectivity index (χ2n) is 8.24. The zero-order valence-corrected chi connectivity index (χ0v) is 17.7. The molecule has 2 aromatic rings. The summed E-state index contributed by atoms with van der Waals surface area (Å²) in [4.78, 5) is 27.0. The van der Waals surface area contributed by atoms with Crippen molar-refractivity contribution in [2.24, 2.45) is 11.8 Å². The maximum atomic E-state index is 12.7. The molecule has 5 nitrogen and oxygen atoms in total. The number of ether oxygens (including phenoxy) is 1. The molecular weight excluding hydrogens is 364 g/mol. The van der Waals surface area contributed by atoms with E-state index in [2.05, 4.69) is 32.2 Å². The molecule has 1 aliphatic rings. The number of carbonyl (C=O) groups excluding carboxylic acids is 2. The zero-order chi connectivity index (χ0) is 21.0. The van der Waals surface area contributed by atoms with Crippen LogP contribution < -0.4 is 5.32 Å². The van der Waals surface area contributed by atoms with Crippen LogP contribution >= 0.6 is 0 Å². The summed E-state index contributed by atoms with van der Waals surface area (Å²) in [5.41, 5.74) is 4.32. The Hall–Kier alpha value is -2.82. The predicted molar refractivity (Wildman–Crippen MR) is 115 cm³/mol. The molecule has 29 heavy (non-hydrogen) atoms. The van der Waals surface area contributed by atoms with Crippen molar-refractivity contribution >= 4 is 23.3 Å². The molecule has 2 aromatic carbocycles. The van der Waals surface area contributed by atoms with Crippen molar-refractivity contribution < 1.29 is 14.3 Å². The number of hydrogen-bond donors (Lipinski definition) is 1. The summed E-state index contributed by atoms with van der Waals surface area (Å²) >= 11 is 0. The number of para-hydroxylation sites is 1. The Bertz CT molecular complexity index is 883. The number of rotatable bonds is 5. The quantitative estimate of drug-likeness (QED) is 0.746. The van der Waals surface area contributed by atoms with Crippen LogP contribution in [0.5, 0.6) is 0 Å². The topological polar surface area (TPSA) is 58.6 Å². The van der Waals surface area contributed by atoms with Crippen LogP contribution in [0.15, 0.2) is 42.5 Å². The Kier molecular flexibility index (Phi) is 6.57. The lowest BCUT2D eigenvalue weighted by molar-refractivity contribution is -0.137. The van der Waals surface area contributed by atoms with Crippen molar-refractivity contribution in [3.8, 4) is 0 Å². The van der Waals surface area contributed by atoms with E-state index in [9.17, 15) is 9.59 Å². The average molecular weight is 395 g/mol. The Morgan fingerprint density at radius 1 is 1.00 bits per heavy atom. The molecule has 0 saturated carbocycles. The molecular formula is C24H30N2O3. The highest BCUT2D eigenvalue weighted by atomic mass is 16.5. The van der Waals surface area contributed by atoms with E-state index >= 15 is 0 Å². The summed E-state index contributed by atoms with van der Waals surface area (Å²) in [6.07, 6.45) is 1.13. The molecule has 1 N–H and O–H groups in total. The van der Waals surface area contributed by atoms with Crippen LogP contribution in [0.3, 0.4) is 0 Å². The number of aryl methyl sites for hydroxylation is 1. The van der Waals surface area contributed by atoms with Gasteiger partial charge >= 0.3 is 5.97 Å². The van der Waals surface area contributed by atoms with Crippen molar-refractivity contribution in [3.63, 3.8) is 0 Å². The molecule has 1 saturated heterocycles. The van der Waals surface area contributed by atoms with Crippen LogP contribution in [0.25, 0.3) is 0 Å². The Morgan fingerprint density at radius 3 is 2.38 bits per heavy atom. The number of carbonyl (C=O) groups is 2. The summed E-state index contributed by atoms with van der Waals surface area (Å²) in [6.45, 7) is 9.62. The first-order valence-corrected chi connectivity index (χ1v) is 10.2. The fraction of sp³-hybridized carbons (Fsp3) is 0.417. The summed E-state index contributed by atoms with van der Waals surface area (Å²) in [7, 11) is 0. The van der Waals surface area contributed by atoms with Gasteiger partial charge in [0.15, 0.2) is 6.61 Å². The van der Waals surface area contributed by atoms with Crippen LogP contribution in [-0.2, 0) is 9.53 Å². The molecule has 154 valence electrons. The minimum absolute atomic E-state index is 0.128. The van der Waals surface area contributed by atoms with Crippen LogP contribution in [0.1, 0.15) is 41.8 Å². The van der Waals surface area contributed by atoms with Crippen LogP contribution in [0.4, 0.5) is 11.4 Å². The first kappa shape index (κ1) is 20.9. The maximum Gasteiger partial charge on any atom is 0.340 e. The first-order valence-electron chi connectivity index (χ1n) is 10.2. The smallest absolute Gasteiger partial charge is 0.340 e. The predicted octanol–water partition coefficient (Wildman–Crippen LogP) is 4.71. The van der Waals surface area contributed by atoms with Gasteiger partial charge in [-0.25, -0.2) is 4.79 Å².